The molecule has 0 aromatic heterocycles. The van der Waals surface area contributed by atoms with Crippen molar-refractivity contribution in [3.8, 4) is 0 Å². The molecule has 4 rings (SSSR count). The van der Waals surface area contributed by atoms with Crippen molar-refractivity contribution in [1.82, 2.24) is 0 Å². The Morgan fingerprint density at radius 2 is 1.73 bits per heavy atom. The highest BCUT2D eigenvalue weighted by atomic mass is 19.4. The zero-order valence-corrected chi connectivity index (χ0v) is 21.3. The Hall–Kier alpha value is -0.550. The fourth-order valence-electron chi connectivity index (χ4n) is 8.88. The van der Waals surface area contributed by atoms with Gasteiger partial charge in [0.05, 0.1) is 5.60 Å². The average molecular weight is 471 g/mol. The molecule has 9 atom stereocenters. The van der Waals surface area contributed by atoms with Crippen molar-refractivity contribution in [3.05, 3.63) is 11.6 Å². The van der Waals surface area contributed by atoms with Crippen molar-refractivity contribution in [2.75, 3.05) is 0 Å². The smallest absolute Gasteiger partial charge is 0.390 e. The third-order valence-corrected chi connectivity index (χ3v) is 11.1. The van der Waals surface area contributed by atoms with E-state index < -0.39 is 17.4 Å². The maximum Gasteiger partial charge on any atom is 0.416 e. The number of aliphatic hydroxyl groups is 2. The zero-order chi connectivity index (χ0) is 24.4. The van der Waals surface area contributed by atoms with E-state index >= 15 is 0 Å². The van der Waals surface area contributed by atoms with Gasteiger partial charge in [-0.05, 0) is 125 Å². The number of halogens is 3. The van der Waals surface area contributed by atoms with Gasteiger partial charge in [-0.25, -0.2) is 0 Å². The molecular formula is C28H45F3O2. The molecular weight excluding hydrogens is 425 g/mol. The van der Waals surface area contributed by atoms with Crippen LogP contribution in [0.3, 0.4) is 0 Å². The predicted octanol–water partition coefficient (Wildman–Crippen LogP) is 7.44. The van der Waals surface area contributed by atoms with E-state index in [1.54, 1.807) is 0 Å². The highest BCUT2D eigenvalue weighted by molar-refractivity contribution is 5.25. The van der Waals surface area contributed by atoms with Gasteiger partial charge in [0.25, 0.3) is 0 Å². The molecule has 0 radical (unpaired) electrons. The summed E-state index contributed by atoms with van der Waals surface area (Å²) in [5, 5.41) is 20.7. The van der Waals surface area contributed by atoms with Crippen molar-refractivity contribution < 1.29 is 23.4 Å². The van der Waals surface area contributed by atoms with Crippen molar-refractivity contribution >= 4 is 0 Å². The first-order chi connectivity index (χ1) is 15.1. The second kappa shape index (κ2) is 8.25. The van der Waals surface area contributed by atoms with Crippen LogP contribution >= 0.6 is 0 Å². The quantitative estimate of drug-likeness (QED) is 0.419. The van der Waals surface area contributed by atoms with Gasteiger partial charge in [0, 0.05) is 0 Å². The van der Waals surface area contributed by atoms with Gasteiger partial charge in [0.1, 0.15) is 0 Å². The van der Waals surface area contributed by atoms with E-state index in [1.807, 2.05) is 6.92 Å². The minimum absolute atomic E-state index is 0.180. The van der Waals surface area contributed by atoms with Crippen molar-refractivity contribution in [2.24, 2.45) is 40.4 Å². The van der Waals surface area contributed by atoms with Crippen LogP contribution in [0.2, 0.25) is 0 Å². The van der Waals surface area contributed by atoms with Gasteiger partial charge in [-0.15, -0.1) is 0 Å². The van der Waals surface area contributed by atoms with E-state index in [-0.39, 0.29) is 23.2 Å². The zero-order valence-electron chi connectivity index (χ0n) is 21.3. The maximum atomic E-state index is 13.2. The van der Waals surface area contributed by atoms with Crippen LogP contribution in [0.25, 0.3) is 0 Å². The number of rotatable bonds is 4. The fraction of sp³-hybridized carbons (Fsp3) is 0.929. The van der Waals surface area contributed by atoms with Gasteiger partial charge in [-0.3, -0.25) is 0 Å². The molecule has 0 spiro atoms. The van der Waals surface area contributed by atoms with Crippen molar-refractivity contribution in [2.45, 2.75) is 123 Å². The van der Waals surface area contributed by atoms with E-state index in [4.69, 9.17) is 0 Å². The van der Waals surface area contributed by atoms with Crippen LogP contribution in [0.4, 0.5) is 13.2 Å². The fourth-order valence-corrected chi connectivity index (χ4v) is 8.88. The highest BCUT2D eigenvalue weighted by Gasteiger charge is 2.59. The lowest BCUT2D eigenvalue weighted by Crippen LogP contribution is -2.49. The molecule has 0 unspecified atom stereocenters. The van der Waals surface area contributed by atoms with Crippen LogP contribution in [-0.4, -0.2) is 27.6 Å². The lowest BCUT2D eigenvalue weighted by Gasteiger charge is -2.56. The molecule has 0 aromatic carbocycles. The third-order valence-electron chi connectivity index (χ3n) is 11.1. The summed E-state index contributed by atoms with van der Waals surface area (Å²) in [6.07, 6.45) is 7.73. The highest BCUT2D eigenvalue weighted by Crippen LogP contribution is 2.67. The van der Waals surface area contributed by atoms with Gasteiger partial charge >= 0.3 is 6.18 Å². The summed E-state index contributed by atoms with van der Waals surface area (Å²) < 4.78 is 39.5. The molecule has 5 heteroatoms. The van der Waals surface area contributed by atoms with Crippen molar-refractivity contribution in [1.29, 1.82) is 0 Å². The summed E-state index contributed by atoms with van der Waals surface area (Å²) in [7, 11) is 0. The van der Waals surface area contributed by atoms with E-state index in [1.165, 1.54) is 24.8 Å². The molecule has 0 amide bonds. The molecule has 2 nitrogen and oxygen atoms in total. The number of alkyl halides is 3. The molecule has 4 aliphatic carbocycles. The predicted molar refractivity (Wildman–Crippen MR) is 126 cm³/mol. The topological polar surface area (TPSA) is 40.5 Å². The Kier molecular flexibility index (Phi) is 6.39. The second-order valence-corrected chi connectivity index (χ2v) is 13.3. The summed E-state index contributed by atoms with van der Waals surface area (Å²) in [6, 6.07) is 0. The SMILES string of the molecule is C[C@H](CC[C@](C)(O)C(F)(F)F)[C@H]1CC[C@H]2[C@H]3CCC=C4C[C@@](C)(O)CC[C@]4(C)[C@H]3CC[C@]12C. The van der Waals surface area contributed by atoms with E-state index in [0.717, 1.165) is 45.4 Å². The molecule has 2 N–H and O–H groups in total. The number of allylic oxidation sites excluding steroid dienone is 1. The normalized spacial score (nSPS) is 46.3. The molecule has 4 aliphatic rings. The Balaban J connectivity index is 1.50. The summed E-state index contributed by atoms with van der Waals surface area (Å²) in [6.45, 7) is 9.90. The number of hydrogen-bond donors (Lipinski definition) is 2. The van der Waals surface area contributed by atoms with Crippen LogP contribution in [0.15, 0.2) is 11.6 Å². The Morgan fingerprint density at radius 1 is 1.03 bits per heavy atom. The summed E-state index contributed by atoms with van der Waals surface area (Å²) in [4.78, 5) is 0. The van der Waals surface area contributed by atoms with Crippen LogP contribution < -0.4 is 0 Å². The summed E-state index contributed by atoms with van der Waals surface area (Å²) in [5.74, 6) is 2.58. The van der Waals surface area contributed by atoms with Gasteiger partial charge in [-0.2, -0.15) is 13.2 Å². The average Bonchev–Trinajstić information content (AvgIpc) is 2.98. The lowest BCUT2D eigenvalue weighted by atomic mass is 9.49. The molecule has 33 heavy (non-hydrogen) atoms. The van der Waals surface area contributed by atoms with Crippen LogP contribution in [0.1, 0.15) is 105 Å². The first-order valence-electron chi connectivity index (χ1n) is 13.3. The van der Waals surface area contributed by atoms with Crippen LogP contribution in [0, 0.1) is 40.4 Å². The second-order valence-electron chi connectivity index (χ2n) is 13.3. The lowest BCUT2D eigenvalue weighted by molar-refractivity contribution is -0.256. The molecule has 0 heterocycles. The van der Waals surface area contributed by atoms with E-state index in [0.29, 0.717) is 30.1 Å². The summed E-state index contributed by atoms with van der Waals surface area (Å²) in [5.41, 5.74) is -1.34. The molecule has 3 saturated carbocycles. The van der Waals surface area contributed by atoms with Gasteiger partial charge in [-0.1, -0.05) is 32.4 Å². The van der Waals surface area contributed by atoms with Gasteiger partial charge < -0.3 is 10.2 Å². The molecule has 0 bridgehead atoms. The monoisotopic (exact) mass is 470 g/mol. The van der Waals surface area contributed by atoms with Gasteiger partial charge in [0.15, 0.2) is 5.60 Å². The Bertz CT molecular complexity index is 770. The molecule has 190 valence electrons. The molecule has 0 aliphatic heterocycles. The van der Waals surface area contributed by atoms with E-state index in [2.05, 4.69) is 26.8 Å². The van der Waals surface area contributed by atoms with Crippen LogP contribution in [-0.2, 0) is 0 Å². The largest absolute Gasteiger partial charge is 0.416 e. The Labute approximate surface area is 198 Å². The minimum Gasteiger partial charge on any atom is -0.390 e. The number of hydrogen-bond acceptors (Lipinski definition) is 2. The van der Waals surface area contributed by atoms with E-state index in [9.17, 15) is 23.4 Å². The minimum atomic E-state index is -4.57. The van der Waals surface area contributed by atoms with Crippen LogP contribution in [0.5, 0.6) is 0 Å². The third kappa shape index (κ3) is 4.32. The number of fused-ring (bicyclic) bond motifs is 5. The summed E-state index contributed by atoms with van der Waals surface area (Å²) >= 11 is 0. The first-order valence-corrected chi connectivity index (χ1v) is 13.3. The Morgan fingerprint density at radius 3 is 2.39 bits per heavy atom. The maximum absolute atomic E-state index is 13.2. The molecule has 3 fully saturated rings. The van der Waals surface area contributed by atoms with Gasteiger partial charge in [0.2, 0.25) is 0 Å². The standard InChI is InChI=1S/C28H45F3O2/c1-18(11-14-27(5,33)28(29,30)31)21-9-10-22-20-8-6-7-19-17-24(2,32)15-16-25(19,3)23(20)12-13-26(21,22)4/h7,18,20-23,32-33H,6,8-17H2,1-5H3/t18-,20-,21-,22+,23+,24+,25+,26-,27+/m1/s1. The molecule has 0 aromatic rings. The molecule has 0 saturated heterocycles. The van der Waals surface area contributed by atoms with Crippen molar-refractivity contribution in [3.63, 3.8) is 0 Å². The first kappa shape index (κ1) is 25.5.